The van der Waals surface area contributed by atoms with Crippen molar-refractivity contribution >= 4 is 33.2 Å². The van der Waals surface area contributed by atoms with Crippen molar-refractivity contribution in [1.29, 1.82) is 0 Å². The Morgan fingerprint density at radius 1 is 1.14 bits per heavy atom. The van der Waals surface area contributed by atoms with Gasteiger partial charge in [-0.1, -0.05) is 45.0 Å². The molecule has 0 N–H and O–H groups in total. The number of fused-ring (bicyclic) bond motifs is 1. The molecule has 28 heavy (non-hydrogen) atoms. The average Bonchev–Trinajstić information content (AvgIpc) is 2.96. The van der Waals surface area contributed by atoms with Crippen LogP contribution in [0.3, 0.4) is 0 Å². The van der Waals surface area contributed by atoms with Gasteiger partial charge in [0.05, 0.1) is 22.8 Å². The highest BCUT2D eigenvalue weighted by atomic mass is 32.2. The van der Waals surface area contributed by atoms with E-state index in [2.05, 4.69) is 43.0 Å². The molecule has 5 nitrogen and oxygen atoms in total. The number of aromatic nitrogens is 1. The van der Waals surface area contributed by atoms with E-state index in [1.807, 2.05) is 11.6 Å². The molecule has 0 aliphatic rings. The highest BCUT2D eigenvalue weighted by Gasteiger charge is 2.16. The van der Waals surface area contributed by atoms with Crippen LogP contribution in [0.2, 0.25) is 0 Å². The maximum atomic E-state index is 12.2. The third kappa shape index (κ3) is 4.37. The van der Waals surface area contributed by atoms with Gasteiger partial charge in [-0.3, -0.25) is 9.47 Å². The smallest absolute Gasteiger partial charge is 0.270 e. The molecule has 0 unspecified atom stereocenters. The lowest BCUT2D eigenvalue weighted by Crippen LogP contribution is -2.21. The Bertz CT molecular complexity index is 1130. The highest BCUT2D eigenvalue weighted by molar-refractivity contribution is 7.91. The summed E-state index contributed by atoms with van der Waals surface area (Å²) >= 11 is 5.37. The van der Waals surface area contributed by atoms with Gasteiger partial charge in [-0.25, -0.2) is 8.42 Å². The fourth-order valence-electron chi connectivity index (χ4n) is 3.15. The van der Waals surface area contributed by atoms with Crippen LogP contribution in [-0.4, -0.2) is 30.7 Å². The molecule has 150 valence electrons. The first kappa shape index (κ1) is 20.8. The molecule has 1 heterocycles. The van der Waals surface area contributed by atoms with Gasteiger partial charge in [-0.05, 0) is 54.5 Å². The zero-order valence-electron chi connectivity index (χ0n) is 16.7. The molecule has 3 rings (SSSR count). The maximum absolute atomic E-state index is 12.2. The van der Waals surface area contributed by atoms with Crippen molar-refractivity contribution in [3.63, 3.8) is 0 Å². The fourth-order valence-corrected chi connectivity index (χ4v) is 4.29. The van der Waals surface area contributed by atoms with E-state index >= 15 is 0 Å². The number of hydrogen-bond acceptors (Lipinski definition) is 5. The van der Waals surface area contributed by atoms with E-state index in [4.69, 9.17) is 16.6 Å². The monoisotopic (exact) mass is 418 g/mol. The van der Waals surface area contributed by atoms with E-state index in [9.17, 15) is 8.42 Å². The molecule has 0 saturated carbocycles. The van der Waals surface area contributed by atoms with Crippen molar-refractivity contribution in [3.05, 3.63) is 58.4 Å². The normalized spacial score (nSPS) is 12.4. The van der Waals surface area contributed by atoms with Crippen LogP contribution in [0, 0.1) is 4.84 Å². The molecule has 3 aromatic rings. The molecule has 0 bridgehead atoms. The molecule has 0 fully saturated rings. The van der Waals surface area contributed by atoms with Crippen molar-refractivity contribution in [3.8, 4) is 0 Å². The molecule has 0 atom stereocenters. The Morgan fingerprint density at radius 3 is 2.43 bits per heavy atom. The molecular formula is C21H26N2O3S2. The Labute approximate surface area is 171 Å². The molecule has 1 aromatic heterocycles. The summed E-state index contributed by atoms with van der Waals surface area (Å²) in [5.41, 5.74) is 3.82. The standard InChI is InChI=1S/C21H26N2O3S2/c1-5-28(24,25)18-10-11-20-19(12-18)23(21(27)26-20)14-22(4)13-16-6-8-17(9-7-16)15(2)3/h6-12,15H,5,13-14H2,1-4H3. The summed E-state index contributed by atoms with van der Waals surface area (Å²) in [7, 11) is -1.28. The van der Waals surface area contributed by atoms with Gasteiger partial charge in [0.25, 0.3) is 4.84 Å². The molecule has 0 spiro atoms. The lowest BCUT2D eigenvalue weighted by Gasteiger charge is -2.18. The molecule has 0 saturated heterocycles. The van der Waals surface area contributed by atoms with Crippen molar-refractivity contribution in [2.24, 2.45) is 0 Å². The quantitative estimate of drug-likeness (QED) is 0.507. The predicted octanol–water partition coefficient (Wildman–Crippen LogP) is 4.97. The maximum Gasteiger partial charge on any atom is 0.270 e. The Kier molecular flexibility index (Phi) is 6.07. The third-order valence-electron chi connectivity index (χ3n) is 4.86. The number of oxazole rings is 1. The van der Waals surface area contributed by atoms with Crippen molar-refractivity contribution < 1.29 is 12.8 Å². The SMILES string of the molecule is CCS(=O)(=O)c1ccc2oc(=S)n(CN(C)Cc3ccc(C(C)C)cc3)c2c1. The molecule has 0 radical (unpaired) electrons. The summed E-state index contributed by atoms with van der Waals surface area (Å²) in [6.07, 6.45) is 0. The second-order valence-corrected chi connectivity index (χ2v) is 10.0. The molecule has 7 heteroatoms. The summed E-state index contributed by atoms with van der Waals surface area (Å²) in [5.74, 6) is 0.569. The molecule has 0 aliphatic heterocycles. The molecule has 2 aromatic carbocycles. The zero-order chi connectivity index (χ0) is 20.5. The number of sulfone groups is 1. The number of rotatable bonds is 7. The summed E-state index contributed by atoms with van der Waals surface area (Å²) < 4.78 is 31.9. The van der Waals surface area contributed by atoms with Crippen LogP contribution < -0.4 is 0 Å². The second-order valence-electron chi connectivity index (χ2n) is 7.38. The minimum atomic E-state index is -3.29. The summed E-state index contributed by atoms with van der Waals surface area (Å²) in [6, 6.07) is 13.5. The van der Waals surface area contributed by atoms with Crippen LogP contribution in [0.25, 0.3) is 11.1 Å². The van der Waals surface area contributed by atoms with Gasteiger partial charge in [-0.15, -0.1) is 0 Å². The number of benzene rings is 2. The Hall–Kier alpha value is -1.96. The lowest BCUT2D eigenvalue weighted by molar-refractivity contribution is 0.257. The third-order valence-corrected chi connectivity index (χ3v) is 6.90. The molecule has 0 amide bonds. The minimum Gasteiger partial charge on any atom is -0.429 e. The molecule has 0 aliphatic carbocycles. The topological polar surface area (TPSA) is 55.5 Å². The van der Waals surface area contributed by atoms with Crippen molar-refractivity contribution in [1.82, 2.24) is 9.47 Å². The number of nitrogens with zero attached hydrogens (tertiary/aromatic N) is 2. The second kappa shape index (κ2) is 8.19. The molecular weight excluding hydrogens is 392 g/mol. The zero-order valence-corrected chi connectivity index (χ0v) is 18.3. The van der Waals surface area contributed by atoms with E-state index in [-0.39, 0.29) is 5.75 Å². The van der Waals surface area contributed by atoms with E-state index in [1.54, 1.807) is 25.1 Å². The Morgan fingerprint density at radius 2 is 1.82 bits per heavy atom. The van der Waals surface area contributed by atoms with Crippen LogP contribution in [0.5, 0.6) is 0 Å². The first-order chi connectivity index (χ1) is 13.2. The van der Waals surface area contributed by atoms with Crippen LogP contribution in [0.4, 0.5) is 0 Å². The van der Waals surface area contributed by atoms with Gasteiger partial charge in [-0.2, -0.15) is 0 Å². The van der Waals surface area contributed by atoms with Gasteiger partial charge < -0.3 is 4.42 Å². The summed E-state index contributed by atoms with van der Waals surface area (Å²) in [6.45, 7) is 7.26. The predicted molar refractivity (Wildman–Crippen MR) is 115 cm³/mol. The lowest BCUT2D eigenvalue weighted by atomic mass is 10.0. The average molecular weight is 419 g/mol. The minimum absolute atomic E-state index is 0.0589. The summed E-state index contributed by atoms with van der Waals surface area (Å²) in [5, 5.41) is 0. The van der Waals surface area contributed by atoms with Crippen LogP contribution in [0.1, 0.15) is 37.8 Å². The highest BCUT2D eigenvalue weighted by Crippen LogP contribution is 2.23. The van der Waals surface area contributed by atoms with Crippen LogP contribution in [0.15, 0.2) is 51.8 Å². The largest absolute Gasteiger partial charge is 0.429 e. The van der Waals surface area contributed by atoms with Gasteiger partial charge in [0.1, 0.15) is 0 Å². The van der Waals surface area contributed by atoms with E-state index in [0.717, 1.165) is 6.54 Å². The first-order valence-corrected chi connectivity index (χ1v) is 11.4. The van der Waals surface area contributed by atoms with Crippen molar-refractivity contribution in [2.75, 3.05) is 12.8 Å². The van der Waals surface area contributed by atoms with E-state index in [1.165, 1.54) is 11.1 Å². The fraction of sp³-hybridized carbons (Fsp3) is 0.381. The van der Waals surface area contributed by atoms with Gasteiger partial charge in [0.2, 0.25) is 0 Å². The van der Waals surface area contributed by atoms with E-state index in [0.29, 0.717) is 33.4 Å². The number of hydrogen-bond donors (Lipinski definition) is 0. The van der Waals surface area contributed by atoms with E-state index < -0.39 is 9.84 Å². The van der Waals surface area contributed by atoms with Gasteiger partial charge >= 0.3 is 0 Å². The first-order valence-electron chi connectivity index (χ1n) is 9.35. The Balaban J connectivity index is 1.85. The van der Waals surface area contributed by atoms with Gasteiger partial charge in [0.15, 0.2) is 15.4 Å². The van der Waals surface area contributed by atoms with Crippen LogP contribution in [-0.2, 0) is 23.1 Å². The van der Waals surface area contributed by atoms with Gasteiger partial charge in [0, 0.05) is 6.54 Å². The summed E-state index contributed by atoms with van der Waals surface area (Å²) in [4.78, 5) is 2.75. The van der Waals surface area contributed by atoms with Crippen molar-refractivity contribution in [2.45, 2.75) is 44.8 Å². The van der Waals surface area contributed by atoms with Crippen LogP contribution >= 0.6 is 12.2 Å².